The molecule has 1 spiro atoms. The number of hydrogen-bond donors (Lipinski definition) is 2. The third-order valence-corrected chi connectivity index (χ3v) is 14.2. The van der Waals surface area contributed by atoms with Crippen LogP contribution < -0.4 is 33.7 Å². The summed E-state index contributed by atoms with van der Waals surface area (Å²) in [6.45, 7) is 9.37. The minimum absolute atomic E-state index is 0.0230. The Balaban J connectivity index is 1.33. The molecule has 7 aliphatic rings. The van der Waals surface area contributed by atoms with Crippen LogP contribution >= 0.6 is 11.8 Å². The van der Waals surface area contributed by atoms with Gasteiger partial charge in [0, 0.05) is 46.6 Å². The number of phenols is 1. The van der Waals surface area contributed by atoms with Crippen LogP contribution in [-0.2, 0) is 27.9 Å². The monoisotopic (exact) mass is 784 g/mol. The Labute approximate surface area is 331 Å². The Morgan fingerprint density at radius 3 is 2.50 bits per heavy atom. The molecule has 0 aliphatic carbocycles. The molecule has 296 valence electrons. The number of hydrogen-bond acceptors (Lipinski definition) is 14. The molecule has 2 unspecified atom stereocenters. The van der Waals surface area contributed by atoms with Crippen LogP contribution in [0.2, 0.25) is 0 Å². The van der Waals surface area contributed by atoms with Crippen LogP contribution in [0.3, 0.4) is 0 Å². The van der Waals surface area contributed by atoms with E-state index >= 15 is 0 Å². The summed E-state index contributed by atoms with van der Waals surface area (Å²) in [6.07, 6.45) is 1.24. The number of nitrogens with zero attached hydrogens (tertiary/aromatic N) is 3. The molecule has 2 fully saturated rings. The van der Waals surface area contributed by atoms with Gasteiger partial charge in [0.25, 0.3) is 0 Å². The fraction of sp³-hybridized carbons (Fsp3) is 0.524. The number of nitriles is 1. The van der Waals surface area contributed by atoms with Crippen molar-refractivity contribution in [3.05, 3.63) is 62.7 Å². The second-order valence-corrected chi connectivity index (χ2v) is 16.5. The Morgan fingerprint density at radius 1 is 1.00 bits per heavy atom. The molecule has 3 aromatic carbocycles. The molecule has 0 radical (unpaired) electrons. The summed E-state index contributed by atoms with van der Waals surface area (Å²) >= 11 is 1.64. The van der Waals surface area contributed by atoms with Crippen LogP contribution in [0.4, 0.5) is 0 Å². The van der Waals surface area contributed by atoms with Gasteiger partial charge in [-0.3, -0.25) is 15.1 Å². The summed E-state index contributed by atoms with van der Waals surface area (Å²) in [5, 5.41) is 25.3. The molecule has 7 atom stereocenters. The van der Waals surface area contributed by atoms with Gasteiger partial charge >= 0.3 is 5.97 Å². The zero-order valence-electron chi connectivity index (χ0n) is 32.8. The van der Waals surface area contributed by atoms with Crippen molar-refractivity contribution in [3.63, 3.8) is 0 Å². The lowest BCUT2D eigenvalue weighted by Crippen LogP contribution is -2.69. The van der Waals surface area contributed by atoms with E-state index in [1.807, 2.05) is 27.7 Å². The van der Waals surface area contributed by atoms with E-state index < -0.39 is 23.6 Å². The van der Waals surface area contributed by atoms with Gasteiger partial charge in [-0.15, -0.1) is 11.8 Å². The van der Waals surface area contributed by atoms with Gasteiger partial charge in [0.05, 0.1) is 50.8 Å². The number of nitrogens with one attached hydrogen (secondary N) is 1. The molecule has 3 aromatic rings. The molecule has 0 saturated carbocycles. The molecule has 56 heavy (non-hydrogen) atoms. The molecule has 0 aromatic heterocycles. The third kappa shape index (κ3) is 5.06. The van der Waals surface area contributed by atoms with Gasteiger partial charge in [-0.25, -0.2) is 4.79 Å². The highest BCUT2D eigenvalue weighted by Gasteiger charge is 2.62. The maximum absolute atomic E-state index is 14.8. The van der Waals surface area contributed by atoms with Gasteiger partial charge in [0.1, 0.15) is 18.4 Å². The largest absolute Gasteiger partial charge is 0.504 e. The van der Waals surface area contributed by atoms with Crippen molar-refractivity contribution in [2.24, 2.45) is 0 Å². The Morgan fingerprint density at radius 2 is 1.77 bits per heavy atom. The van der Waals surface area contributed by atoms with Crippen molar-refractivity contribution >= 4 is 17.7 Å². The second-order valence-electron chi connectivity index (χ2n) is 15.3. The van der Waals surface area contributed by atoms with Crippen molar-refractivity contribution in [1.29, 1.82) is 5.26 Å². The fourth-order valence-corrected chi connectivity index (χ4v) is 12.2. The molecule has 10 rings (SSSR count). The summed E-state index contributed by atoms with van der Waals surface area (Å²) in [4.78, 5) is 19.5. The van der Waals surface area contributed by atoms with Gasteiger partial charge in [-0.2, -0.15) is 5.26 Å². The van der Waals surface area contributed by atoms with Gasteiger partial charge < -0.3 is 38.3 Å². The molecule has 14 heteroatoms. The number of fused-ring (bicyclic) bond motifs is 9. The topological polar surface area (TPSA) is 144 Å². The number of aromatic hydroxyl groups is 1. The highest BCUT2D eigenvalue weighted by atomic mass is 32.2. The predicted molar refractivity (Wildman–Crippen MR) is 207 cm³/mol. The van der Waals surface area contributed by atoms with Crippen LogP contribution in [-0.4, -0.2) is 99.2 Å². The van der Waals surface area contributed by atoms with Crippen LogP contribution in [0.5, 0.6) is 40.2 Å². The highest BCUT2D eigenvalue weighted by molar-refractivity contribution is 7.99. The number of esters is 1. The minimum atomic E-state index is -1.27. The van der Waals surface area contributed by atoms with E-state index in [1.165, 1.54) is 7.11 Å². The summed E-state index contributed by atoms with van der Waals surface area (Å²) in [7, 11) is 5.30. The number of aryl methyl sites for hydroxylation is 1. The predicted octanol–water partition coefficient (Wildman–Crippen LogP) is 5.15. The van der Waals surface area contributed by atoms with Crippen molar-refractivity contribution in [3.8, 4) is 46.3 Å². The average Bonchev–Trinajstić information content (AvgIpc) is 3.68. The normalized spacial score (nSPS) is 28.6. The summed E-state index contributed by atoms with van der Waals surface area (Å²) in [5.41, 5.74) is 6.12. The number of phenolic OH excluding ortho intramolecular Hbond substituents is 1. The summed E-state index contributed by atoms with van der Waals surface area (Å²) < 4.78 is 43.8. The standard InChI is InChI=1S/C42H48N4O9S/c1-8-51-36-21(4)37-39(55-19-54-37)31-27-17-53-41(48)42(24-15-29(49-6)28(47)14-22(24)10-11-44-42)18-56-40(32(31)36)34-33-30-23(12-20(3)35(50-7)38(30)52-9-2)13-25(45(33)5)26(16-43)46(27)34/h12,14-15,25-27,33-34,40,44,47H,8-11,13,17-19H2,1-7H3/t25-,26+,27+,33?,34?,40-,42-/m1/s1. The molecule has 13 nitrogen and oxygen atoms in total. The maximum Gasteiger partial charge on any atom is 0.331 e. The van der Waals surface area contributed by atoms with E-state index in [9.17, 15) is 15.2 Å². The van der Waals surface area contributed by atoms with Crippen molar-refractivity contribution in [2.45, 2.75) is 81.5 Å². The van der Waals surface area contributed by atoms with Gasteiger partial charge in [0.15, 0.2) is 40.0 Å². The van der Waals surface area contributed by atoms with E-state index in [4.69, 9.17) is 33.2 Å². The van der Waals surface area contributed by atoms with Crippen molar-refractivity contribution in [2.75, 3.05) is 60.2 Å². The molecule has 2 N–H and O–H groups in total. The van der Waals surface area contributed by atoms with Crippen LogP contribution in [0.15, 0.2) is 18.2 Å². The quantitative estimate of drug-likeness (QED) is 0.318. The zero-order valence-corrected chi connectivity index (χ0v) is 33.6. The summed E-state index contributed by atoms with van der Waals surface area (Å²) in [6, 6.07) is 6.47. The number of piperazine rings is 1. The van der Waals surface area contributed by atoms with E-state index in [-0.39, 0.29) is 54.0 Å². The molecule has 0 amide bonds. The van der Waals surface area contributed by atoms with E-state index in [1.54, 1.807) is 31.0 Å². The lowest BCUT2D eigenvalue weighted by Gasteiger charge is -2.62. The SMILES string of the molecule is CCOc1c(OC)c(C)cc2c1C1C3[C@@H]4SC[C@]5(NCCc6cc(O)c(OC)cc65)C(=O)OC[C@@H](c5c6c(c(C)c(OCC)c54)OCO6)N3[C@@H](C#N)[C@@H](C2)N1C. The second kappa shape index (κ2) is 13.8. The number of ether oxygens (including phenoxy) is 7. The molecule has 2 saturated heterocycles. The number of carbonyl (C=O) groups is 1. The summed E-state index contributed by atoms with van der Waals surface area (Å²) in [5.74, 6) is 3.51. The number of carbonyl (C=O) groups excluding carboxylic acids is 1. The Hall–Kier alpha value is -4.55. The third-order valence-electron chi connectivity index (χ3n) is 12.7. The van der Waals surface area contributed by atoms with Crippen LogP contribution in [0.1, 0.15) is 75.7 Å². The van der Waals surface area contributed by atoms with Crippen LogP contribution in [0, 0.1) is 25.2 Å². The Kier molecular flexibility index (Phi) is 9.15. The first-order valence-corrected chi connectivity index (χ1v) is 20.4. The Bertz CT molecular complexity index is 2170. The fourth-order valence-electron chi connectivity index (χ4n) is 10.5. The van der Waals surface area contributed by atoms with Crippen molar-refractivity contribution < 1.29 is 43.1 Å². The first-order valence-electron chi connectivity index (χ1n) is 19.4. The number of benzene rings is 3. The zero-order chi connectivity index (χ0) is 39.2. The lowest BCUT2D eigenvalue weighted by atomic mass is 9.71. The van der Waals surface area contributed by atoms with Crippen molar-refractivity contribution in [1.82, 2.24) is 15.1 Å². The number of thioether (sulfide) groups is 1. The molecule has 7 heterocycles. The molecular formula is C42H48N4O9S. The van der Waals surface area contributed by atoms with E-state index in [0.29, 0.717) is 55.4 Å². The number of methoxy groups -OCH3 is 2. The van der Waals surface area contributed by atoms with Crippen LogP contribution in [0.25, 0.3) is 0 Å². The molecule has 7 aliphatic heterocycles. The van der Waals surface area contributed by atoms with Gasteiger partial charge in [-0.1, -0.05) is 6.07 Å². The minimum Gasteiger partial charge on any atom is -0.504 e. The van der Waals surface area contributed by atoms with Gasteiger partial charge in [0.2, 0.25) is 6.79 Å². The molecular weight excluding hydrogens is 737 g/mol. The first-order chi connectivity index (χ1) is 27.1. The number of likely N-dealkylation sites (N-methyl/N-ethyl adjacent to an activating group) is 1. The lowest BCUT2D eigenvalue weighted by molar-refractivity contribution is -0.157. The maximum atomic E-state index is 14.8. The smallest absolute Gasteiger partial charge is 0.331 e. The highest BCUT2D eigenvalue weighted by Crippen LogP contribution is 2.64. The van der Waals surface area contributed by atoms with E-state index in [2.05, 4.69) is 34.3 Å². The van der Waals surface area contributed by atoms with Gasteiger partial charge in [-0.05, 0) is 82.0 Å². The van der Waals surface area contributed by atoms with E-state index in [0.717, 1.165) is 50.4 Å². The molecule has 4 bridgehead atoms. The average molecular weight is 785 g/mol. The first kappa shape index (κ1) is 37.1. The number of rotatable bonds is 6.